The Kier molecular flexibility index (Phi) is 4.41. The number of rotatable bonds is 4. The first-order valence-electron chi connectivity index (χ1n) is 8.33. The summed E-state index contributed by atoms with van der Waals surface area (Å²) in [4.78, 5) is 2.46. The van der Waals surface area contributed by atoms with Gasteiger partial charge in [0.15, 0.2) is 0 Å². The maximum atomic E-state index is 6.16. The van der Waals surface area contributed by atoms with Crippen LogP contribution in [0.1, 0.15) is 18.4 Å². The zero-order chi connectivity index (χ0) is 16.4. The molecule has 4 nitrogen and oxygen atoms in total. The summed E-state index contributed by atoms with van der Waals surface area (Å²) in [6.07, 6.45) is 4.20. The van der Waals surface area contributed by atoms with E-state index in [9.17, 15) is 0 Å². The van der Waals surface area contributed by atoms with E-state index in [-0.39, 0.29) is 6.10 Å². The molecule has 0 amide bonds. The zero-order valence-corrected chi connectivity index (χ0v) is 14.2. The van der Waals surface area contributed by atoms with Gasteiger partial charge in [-0.2, -0.15) is 5.10 Å². The maximum Gasteiger partial charge on any atom is 0.120 e. The molecule has 24 heavy (non-hydrogen) atoms. The number of aromatic nitrogens is 2. The molecule has 0 radical (unpaired) electrons. The molecule has 1 saturated heterocycles. The number of H-pyrrole nitrogens is 1. The van der Waals surface area contributed by atoms with Gasteiger partial charge in [0.1, 0.15) is 11.9 Å². The van der Waals surface area contributed by atoms with E-state index in [4.69, 9.17) is 16.3 Å². The molecule has 4 rings (SSSR count). The molecule has 3 aromatic rings. The molecule has 1 aromatic heterocycles. The largest absolute Gasteiger partial charge is 0.490 e. The lowest BCUT2D eigenvalue weighted by Crippen LogP contribution is -2.37. The SMILES string of the molecule is Clc1cccc(CN2CCC(Oc3ccc4[nH]ncc4c3)CC2)c1. The smallest absolute Gasteiger partial charge is 0.120 e. The molecular weight excluding hydrogens is 322 g/mol. The van der Waals surface area contributed by atoms with Crippen molar-refractivity contribution >= 4 is 22.5 Å². The monoisotopic (exact) mass is 341 g/mol. The molecule has 2 heterocycles. The normalized spacial score (nSPS) is 16.5. The number of halogens is 1. The van der Waals surface area contributed by atoms with Crippen LogP contribution in [-0.2, 0) is 6.54 Å². The van der Waals surface area contributed by atoms with Crippen LogP contribution in [0.15, 0.2) is 48.7 Å². The first-order chi connectivity index (χ1) is 11.8. The highest BCUT2D eigenvalue weighted by Crippen LogP contribution is 2.23. The van der Waals surface area contributed by atoms with Crippen molar-refractivity contribution in [2.45, 2.75) is 25.5 Å². The van der Waals surface area contributed by atoms with Crippen molar-refractivity contribution in [3.63, 3.8) is 0 Å². The van der Waals surface area contributed by atoms with Gasteiger partial charge < -0.3 is 4.74 Å². The van der Waals surface area contributed by atoms with Gasteiger partial charge >= 0.3 is 0 Å². The highest BCUT2D eigenvalue weighted by molar-refractivity contribution is 6.30. The number of likely N-dealkylation sites (tertiary alicyclic amines) is 1. The highest BCUT2D eigenvalue weighted by atomic mass is 35.5. The average Bonchev–Trinajstić information content (AvgIpc) is 3.04. The Labute approximate surface area is 146 Å². The van der Waals surface area contributed by atoms with Crippen molar-refractivity contribution in [2.75, 3.05) is 13.1 Å². The molecule has 0 aliphatic carbocycles. The Morgan fingerprint density at radius 2 is 2.04 bits per heavy atom. The number of nitrogens with one attached hydrogen (secondary N) is 1. The van der Waals surface area contributed by atoms with Gasteiger partial charge in [0, 0.05) is 30.0 Å². The molecule has 5 heteroatoms. The van der Waals surface area contributed by atoms with Crippen molar-refractivity contribution < 1.29 is 4.74 Å². The van der Waals surface area contributed by atoms with Gasteiger partial charge in [-0.3, -0.25) is 10.00 Å². The van der Waals surface area contributed by atoms with Crippen LogP contribution in [0.2, 0.25) is 5.02 Å². The van der Waals surface area contributed by atoms with Crippen LogP contribution in [0.25, 0.3) is 10.9 Å². The van der Waals surface area contributed by atoms with Crippen LogP contribution in [0, 0.1) is 0 Å². The van der Waals surface area contributed by atoms with Gasteiger partial charge in [-0.05, 0) is 48.7 Å². The third-order valence-corrected chi connectivity index (χ3v) is 4.78. The van der Waals surface area contributed by atoms with Crippen LogP contribution in [0.5, 0.6) is 5.75 Å². The number of nitrogens with zero attached hydrogens (tertiary/aromatic N) is 2. The van der Waals surface area contributed by atoms with Gasteiger partial charge in [0.2, 0.25) is 0 Å². The van der Waals surface area contributed by atoms with Crippen LogP contribution >= 0.6 is 11.6 Å². The Bertz CT molecular complexity index is 824. The molecule has 124 valence electrons. The number of aromatic amines is 1. The van der Waals surface area contributed by atoms with E-state index in [1.54, 1.807) is 0 Å². The number of fused-ring (bicyclic) bond motifs is 1. The second-order valence-electron chi connectivity index (χ2n) is 6.34. The van der Waals surface area contributed by atoms with Crippen molar-refractivity contribution in [1.82, 2.24) is 15.1 Å². The number of benzene rings is 2. The number of piperidine rings is 1. The first-order valence-corrected chi connectivity index (χ1v) is 8.71. The van der Waals surface area contributed by atoms with E-state index in [0.29, 0.717) is 0 Å². The standard InChI is InChI=1S/C19H20ClN3O/c20-16-3-1-2-14(10-16)13-23-8-6-17(7-9-23)24-18-4-5-19-15(11-18)12-21-22-19/h1-5,10-12,17H,6-9,13H2,(H,21,22). The van der Waals surface area contributed by atoms with Crippen LogP contribution in [0.4, 0.5) is 0 Å². The summed E-state index contributed by atoms with van der Waals surface area (Å²) in [6.45, 7) is 3.05. The Morgan fingerprint density at radius 3 is 2.88 bits per heavy atom. The molecule has 0 spiro atoms. The van der Waals surface area contributed by atoms with Crippen LogP contribution in [-0.4, -0.2) is 34.3 Å². The minimum atomic E-state index is 0.282. The van der Waals surface area contributed by atoms with E-state index in [2.05, 4.69) is 27.2 Å². The van der Waals surface area contributed by atoms with Crippen LogP contribution in [0.3, 0.4) is 0 Å². The second-order valence-corrected chi connectivity index (χ2v) is 6.78. The van der Waals surface area contributed by atoms with E-state index in [0.717, 1.165) is 54.2 Å². The fourth-order valence-electron chi connectivity index (χ4n) is 3.27. The fraction of sp³-hybridized carbons (Fsp3) is 0.316. The zero-order valence-electron chi connectivity index (χ0n) is 13.4. The summed E-state index contributed by atoms with van der Waals surface area (Å²) < 4.78 is 6.16. The Balaban J connectivity index is 1.32. The quantitative estimate of drug-likeness (QED) is 0.771. The molecular formula is C19H20ClN3O. The first kappa shape index (κ1) is 15.5. The molecule has 0 saturated carbocycles. The predicted octanol–water partition coefficient (Wildman–Crippen LogP) is 4.26. The average molecular weight is 342 g/mol. The lowest BCUT2D eigenvalue weighted by molar-refractivity contribution is 0.0969. The van der Waals surface area contributed by atoms with Gasteiger partial charge in [-0.15, -0.1) is 0 Å². The Hall–Kier alpha value is -2.04. The Morgan fingerprint density at radius 1 is 1.17 bits per heavy atom. The third kappa shape index (κ3) is 3.55. The minimum absolute atomic E-state index is 0.282. The summed E-state index contributed by atoms with van der Waals surface area (Å²) >= 11 is 6.06. The molecule has 1 aliphatic rings. The van der Waals surface area contributed by atoms with Crippen molar-refractivity contribution in [2.24, 2.45) is 0 Å². The third-order valence-electron chi connectivity index (χ3n) is 4.54. The highest BCUT2D eigenvalue weighted by Gasteiger charge is 2.20. The number of hydrogen-bond acceptors (Lipinski definition) is 3. The topological polar surface area (TPSA) is 41.1 Å². The molecule has 1 N–H and O–H groups in total. The lowest BCUT2D eigenvalue weighted by Gasteiger charge is -2.32. The predicted molar refractivity (Wildman–Crippen MR) is 96.5 cm³/mol. The summed E-state index contributed by atoms with van der Waals surface area (Å²) in [5, 5.41) is 8.90. The van der Waals surface area contributed by atoms with E-state index in [1.165, 1.54) is 5.56 Å². The molecule has 0 bridgehead atoms. The van der Waals surface area contributed by atoms with Gasteiger partial charge in [-0.25, -0.2) is 0 Å². The fourth-order valence-corrected chi connectivity index (χ4v) is 3.48. The number of ether oxygens (including phenoxy) is 1. The van der Waals surface area contributed by atoms with Gasteiger partial charge in [0.05, 0.1) is 11.7 Å². The summed E-state index contributed by atoms with van der Waals surface area (Å²) in [6, 6.07) is 14.2. The van der Waals surface area contributed by atoms with Crippen molar-refractivity contribution in [1.29, 1.82) is 0 Å². The second kappa shape index (κ2) is 6.83. The molecule has 2 aromatic carbocycles. The summed E-state index contributed by atoms with van der Waals surface area (Å²) in [7, 11) is 0. The minimum Gasteiger partial charge on any atom is -0.490 e. The van der Waals surface area contributed by atoms with Crippen LogP contribution < -0.4 is 4.74 Å². The van der Waals surface area contributed by atoms with Gasteiger partial charge in [0.25, 0.3) is 0 Å². The molecule has 1 fully saturated rings. The summed E-state index contributed by atoms with van der Waals surface area (Å²) in [5.74, 6) is 0.928. The van der Waals surface area contributed by atoms with E-state index in [1.807, 2.05) is 36.5 Å². The number of hydrogen-bond donors (Lipinski definition) is 1. The molecule has 1 aliphatic heterocycles. The van der Waals surface area contributed by atoms with E-state index >= 15 is 0 Å². The van der Waals surface area contributed by atoms with Gasteiger partial charge in [-0.1, -0.05) is 23.7 Å². The summed E-state index contributed by atoms with van der Waals surface area (Å²) in [5.41, 5.74) is 2.31. The molecule has 0 atom stereocenters. The molecule has 0 unspecified atom stereocenters. The lowest BCUT2D eigenvalue weighted by atomic mass is 10.1. The van der Waals surface area contributed by atoms with Crippen molar-refractivity contribution in [3.05, 3.63) is 59.2 Å². The maximum absolute atomic E-state index is 6.16. The van der Waals surface area contributed by atoms with Crippen molar-refractivity contribution in [3.8, 4) is 5.75 Å². The van der Waals surface area contributed by atoms with E-state index < -0.39 is 0 Å².